The Kier molecular flexibility index (Phi) is 8.94. The lowest BCUT2D eigenvalue weighted by Crippen LogP contribution is -2.45. The Hall–Kier alpha value is -3.84. The molecule has 2 N–H and O–H groups in total. The van der Waals surface area contributed by atoms with Crippen LogP contribution in [0.5, 0.6) is 0 Å². The highest BCUT2D eigenvalue weighted by Crippen LogP contribution is 2.17. The van der Waals surface area contributed by atoms with E-state index in [0.29, 0.717) is 0 Å². The molecular formula is C30H31N3O3. The molecule has 0 aliphatic carbocycles. The Morgan fingerprint density at radius 2 is 1.36 bits per heavy atom. The van der Waals surface area contributed by atoms with Crippen LogP contribution in [-0.4, -0.2) is 52.9 Å². The van der Waals surface area contributed by atoms with Crippen molar-refractivity contribution in [2.75, 3.05) is 26.2 Å². The number of benzene rings is 3. The molecule has 1 fully saturated rings. The van der Waals surface area contributed by atoms with Crippen molar-refractivity contribution >= 4 is 23.8 Å². The molecule has 184 valence electrons. The number of carbonyl (C=O) groups excluding carboxylic acids is 2. The molecule has 1 amide bonds. The average molecular weight is 482 g/mol. The van der Waals surface area contributed by atoms with E-state index in [9.17, 15) is 9.59 Å². The highest BCUT2D eigenvalue weighted by molar-refractivity contribution is 6.07. The topological polar surface area (TPSA) is 72.9 Å². The summed E-state index contributed by atoms with van der Waals surface area (Å²) >= 11 is 0. The molecule has 3 aromatic carbocycles. The van der Waals surface area contributed by atoms with Crippen molar-refractivity contribution in [2.24, 2.45) is 0 Å². The zero-order valence-electron chi connectivity index (χ0n) is 20.2. The van der Waals surface area contributed by atoms with Crippen LogP contribution in [0.15, 0.2) is 91.0 Å². The first kappa shape index (κ1) is 25.3. The second-order valence-electron chi connectivity index (χ2n) is 8.87. The van der Waals surface area contributed by atoms with E-state index in [1.165, 1.54) is 11.6 Å². The van der Waals surface area contributed by atoms with Gasteiger partial charge < -0.3 is 0 Å². The number of carbonyl (C=O) groups is 2. The lowest BCUT2D eigenvalue weighted by Gasteiger charge is -2.35. The molecule has 1 saturated heterocycles. The largest absolute Gasteiger partial charge is 0.297 e. The number of rotatable bonds is 9. The van der Waals surface area contributed by atoms with Crippen LogP contribution in [0.4, 0.5) is 0 Å². The number of allylic oxidation sites excluding steroid dienone is 1. The number of hydrogen-bond acceptors (Lipinski definition) is 5. The van der Waals surface area contributed by atoms with Crippen LogP contribution in [0, 0.1) is 0 Å². The van der Waals surface area contributed by atoms with Gasteiger partial charge in [0.2, 0.25) is 0 Å². The standard InChI is InChI=1S/C30H31N3O3/c34-29(15-13-24-9-6-10-25(21-24)14-16-30(35)31-36)28-12-5-4-11-27(28)23-33-19-17-32(18-20-33)22-26-7-2-1-3-8-26/h1-16,21,36H,17-20,22-23H2,(H,31,35). The maximum atomic E-state index is 13.1. The minimum Gasteiger partial charge on any atom is -0.297 e. The SMILES string of the molecule is O=C(C=Cc1cccc(C=CC(=O)c2ccccc2CN2CCN(Cc3ccccc3)CC2)c1)NO. The van der Waals surface area contributed by atoms with Crippen LogP contribution in [-0.2, 0) is 17.9 Å². The summed E-state index contributed by atoms with van der Waals surface area (Å²) in [6, 6.07) is 25.8. The van der Waals surface area contributed by atoms with Gasteiger partial charge in [-0.1, -0.05) is 78.9 Å². The number of amides is 1. The fourth-order valence-corrected chi connectivity index (χ4v) is 4.32. The molecule has 0 radical (unpaired) electrons. The predicted molar refractivity (Wildman–Crippen MR) is 142 cm³/mol. The van der Waals surface area contributed by atoms with Crippen molar-refractivity contribution < 1.29 is 14.8 Å². The average Bonchev–Trinajstić information content (AvgIpc) is 2.92. The molecule has 0 aromatic heterocycles. The lowest BCUT2D eigenvalue weighted by atomic mass is 10.0. The second kappa shape index (κ2) is 12.7. The number of nitrogens with zero attached hydrogens (tertiary/aromatic N) is 2. The molecule has 4 rings (SSSR count). The molecule has 6 heteroatoms. The smallest absolute Gasteiger partial charge is 0.267 e. The summed E-state index contributed by atoms with van der Waals surface area (Å²) in [6.45, 7) is 5.69. The van der Waals surface area contributed by atoms with Crippen LogP contribution in [0.3, 0.4) is 0 Å². The van der Waals surface area contributed by atoms with Crippen molar-refractivity contribution in [3.8, 4) is 0 Å². The number of hydrogen-bond donors (Lipinski definition) is 2. The van der Waals surface area contributed by atoms with Gasteiger partial charge in [0, 0.05) is 50.9 Å². The first-order chi connectivity index (χ1) is 17.6. The Labute approximate surface area is 212 Å². The third kappa shape index (κ3) is 7.33. The van der Waals surface area contributed by atoms with E-state index in [4.69, 9.17) is 5.21 Å². The lowest BCUT2D eigenvalue weighted by molar-refractivity contribution is -0.124. The normalized spacial score (nSPS) is 14.9. The Bertz CT molecular complexity index is 1230. The van der Waals surface area contributed by atoms with Crippen LogP contribution < -0.4 is 5.48 Å². The van der Waals surface area contributed by atoms with E-state index < -0.39 is 5.91 Å². The van der Waals surface area contributed by atoms with Crippen molar-refractivity contribution in [1.82, 2.24) is 15.3 Å². The molecule has 0 saturated carbocycles. The molecule has 0 bridgehead atoms. The molecule has 6 nitrogen and oxygen atoms in total. The molecule has 1 heterocycles. The van der Waals surface area contributed by atoms with Gasteiger partial charge in [-0.2, -0.15) is 0 Å². The van der Waals surface area contributed by atoms with Crippen molar-refractivity contribution in [3.05, 3.63) is 119 Å². The third-order valence-electron chi connectivity index (χ3n) is 6.27. The summed E-state index contributed by atoms with van der Waals surface area (Å²) < 4.78 is 0. The van der Waals surface area contributed by atoms with E-state index in [-0.39, 0.29) is 5.78 Å². The monoisotopic (exact) mass is 481 g/mol. The number of ketones is 1. The summed E-state index contributed by atoms with van der Waals surface area (Å²) in [5.74, 6) is -0.630. The van der Waals surface area contributed by atoms with E-state index in [1.807, 2.05) is 54.6 Å². The first-order valence-corrected chi connectivity index (χ1v) is 12.1. The van der Waals surface area contributed by atoms with Crippen molar-refractivity contribution in [2.45, 2.75) is 13.1 Å². The molecule has 36 heavy (non-hydrogen) atoms. The zero-order valence-corrected chi connectivity index (χ0v) is 20.2. The number of piperazine rings is 1. The molecule has 0 unspecified atom stereocenters. The Morgan fingerprint density at radius 3 is 2.06 bits per heavy atom. The predicted octanol–water partition coefficient (Wildman–Crippen LogP) is 4.42. The van der Waals surface area contributed by atoms with Crippen LogP contribution in [0.1, 0.15) is 32.6 Å². The van der Waals surface area contributed by atoms with Gasteiger partial charge in [-0.25, -0.2) is 5.48 Å². The maximum absolute atomic E-state index is 13.1. The maximum Gasteiger partial charge on any atom is 0.267 e. The van der Waals surface area contributed by atoms with Gasteiger partial charge in [0.25, 0.3) is 5.91 Å². The van der Waals surface area contributed by atoms with E-state index >= 15 is 0 Å². The fourth-order valence-electron chi connectivity index (χ4n) is 4.32. The van der Waals surface area contributed by atoms with E-state index in [0.717, 1.165) is 61.5 Å². The minimum atomic E-state index is -0.597. The summed E-state index contributed by atoms with van der Waals surface area (Å²) in [7, 11) is 0. The second-order valence-corrected chi connectivity index (χ2v) is 8.87. The molecule has 0 spiro atoms. The van der Waals surface area contributed by atoms with Gasteiger partial charge in [-0.05, 0) is 40.5 Å². The van der Waals surface area contributed by atoms with Crippen molar-refractivity contribution in [1.29, 1.82) is 0 Å². The zero-order chi connectivity index (χ0) is 25.2. The Morgan fingerprint density at radius 1 is 0.750 bits per heavy atom. The first-order valence-electron chi connectivity index (χ1n) is 12.1. The number of hydroxylamine groups is 1. The highest BCUT2D eigenvalue weighted by atomic mass is 16.5. The van der Waals surface area contributed by atoms with Gasteiger partial charge in [-0.15, -0.1) is 0 Å². The van der Waals surface area contributed by atoms with E-state index in [2.05, 4.69) is 34.1 Å². The summed E-state index contributed by atoms with van der Waals surface area (Å²) in [6.07, 6.45) is 6.22. The molecule has 0 atom stereocenters. The summed E-state index contributed by atoms with van der Waals surface area (Å²) in [5, 5.41) is 8.61. The van der Waals surface area contributed by atoms with Gasteiger partial charge in [0.1, 0.15) is 0 Å². The third-order valence-corrected chi connectivity index (χ3v) is 6.27. The van der Waals surface area contributed by atoms with E-state index in [1.54, 1.807) is 23.7 Å². The molecule has 1 aliphatic rings. The minimum absolute atomic E-state index is 0.0334. The quantitative estimate of drug-likeness (QED) is 0.205. The van der Waals surface area contributed by atoms with Gasteiger partial charge in [0.15, 0.2) is 5.78 Å². The van der Waals surface area contributed by atoms with Gasteiger partial charge in [0.05, 0.1) is 0 Å². The number of nitrogens with one attached hydrogen (secondary N) is 1. The van der Waals surface area contributed by atoms with Crippen molar-refractivity contribution in [3.63, 3.8) is 0 Å². The van der Waals surface area contributed by atoms with Crippen LogP contribution in [0.2, 0.25) is 0 Å². The fraction of sp³-hybridized carbons (Fsp3) is 0.200. The van der Waals surface area contributed by atoms with Gasteiger partial charge in [-0.3, -0.25) is 24.6 Å². The van der Waals surface area contributed by atoms with Crippen LogP contribution >= 0.6 is 0 Å². The highest BCUT2D eigenvalue weighted by Gasteiger charge is 2.19. The molecule has 3 aromatic rings. The van der Waals surface area contributed by atoms with Crippen LogP contribution in [0.25, 0.3) is 12.2 Å². The molecule has 1 aliphatic heterocycles. The summed E-state index contributed by atoms with van der Waals surface area (Å²) in [4.78, 5) is 29.2. The Balaban J connectivity index is 1.36. The molecular weight excluding hydrogens is 450 g/mol. The van der Waals surface area contributed by atoms with Gasteiger partial charge >= 0.3 is 0 Å². The summed E-state index contributed by atoms with van der Waals surface area (Å²) in [5.41, 5.74) is 6.30.